The van der Waals surface area contributed by atoms with E-state index in [0.717, 1.165) is 35.7 Å². The summed E-state index contributed by atoms with van der Waals surface area (Å²) in [5.41, 5.74) is 1.17. The number of ether oxygens (including phenoxy) is 3. The molecule has 1 N–H and O–H groups in total. The first-order valence-electron chi connectivity index (χ1n) is 12.6. The summed E-state index contributed by atoms with van der Waals surface area (Å²) in [7, 11) is 1.65. The van der Waals surface area contributed by atoms with Gasteiger partial charge in [0.2, 0.25) is 5.91 Å². The van der Waals surface area contributed by atoms with Gasteiger partial charge in [0.1, 0.15) is 11.5 Å². The SMILES string of the molecule is COc1ccc(C2(C(=O)Nc3ccc(OCCCN4CCCC[C@H]4C)cc3)CCOCC2)cc1. The highest BCUT2D eigenvalue weighted by atomic mass is 16.5. The van der Waals surface area contributed by atoms with E-state index in [4.69, 9.17) is 14.2 Å². The molecule has 1 amide bonds. The third-order valence-corrected chi connectivity index (χ3v) is 7.33. The molecule has 0 unspecified atom stereocenters. The Balaban J connectivity index is 1.32. The number of hydrogen-bond donors (Lipinski definition) is 1. The van der Waals surface area contributed by atoms with Gasteiger partial charge >= 0.3 is 0 Å². The first kappa shape index (κ1) is 24.6. The van der Waals surface area contributed by atoms with E-state index < -0.39 is 5.41 Å². The van der Waals surface area contributed by atoms with Gasteiger partial charge < -0.3 is 24.4 Å². The average molecular weight is 467 g/mol. The van der Waals surface area contributed by atoms with Crippen LogP contribution in [0.3, 0.4) is 0 Å². The molecule has 2 saturated heterocycles. The molecular formula is C28H38N2O4. The van der Waals surface area contributed by atoms with Crippen molar-refractivity contribution in [1.82, 2.24) is 4.90 Å². The lowest BCUT2D eigenvalue weighted by atomic mass is 9.73. The molecule has 2 aromatic rings. The molecule has 0 bridgehead atoms. The summed E-state index contributed by atoms with van der Waals surface area (Å²) in [4.78, 5) is 16.1. The lowest BCUT2D eigenvalue weighted by Crippen LogP contribution is -2.44. The molecule has 2 heterocycles. The molecule has 2 aliphatic rings. The summed E-state index contributed by atoms with van der Waals surface area (Å²) in [6.07, 6.45) is 6.30. The number of nitrogens with zero attached hydrogens (tertiary/aromatic N) is 1. The van der Waals surface area contributed by atoms with Gasteiger partial charge in [-0.05, 0) is 87.5 Å². The van der Waals surface area contributed by atoms with Gasteiger partial charge in [0.15, 0.2) is 0 Å². The van der Waals surface area contributed by atoms with Crippen molar-refractivity contribution in [2.75, 3.05) is 45.3 Å². The minimum Gasteiger partial charge on any atom is -0.497 e. The zero-order valence-corrected chi connectivity index (χ0v) is 20.6. The minimum absolute atomic E-state index is 0.00489. The maximum atomic E-state index is 13.5. The fourth-order valence-electron chi connectivity index (χ4n) is 5.11. The lowest BCUT2D eigenvalue weighted by molar-refractivity contribution is -0.125. The predicted octanol–water partition coefficient (Wildman–Crippen LogP) is 5.03. The topological polar surface area (TPSA) is 60.0 Å². The number of likely N-dealkylation sites (tertiary alicyclic amines) is 1. The van der Waals surface area contributed by atoms with Gasteiger partial charge in [-0.3, -0.25) is 4.79 Å². The summed E-state index contributed by atoms with van der Waals surface area (Å²) in [5.74, 6) is 1.62. The number of anilines is 1. The molecule has 0 aromatic heterocycles. The van der Waals surface area contributed by atoms with Crippen molar-refractivity contribution in [2.45, 2.75) is 56.9 Å². The highest BCUT2D eigenvalue weighted by molar-refractivity contribution is 5.99. The van der Waals surface area contributed by atoms with Gasteiger partial charge in [-0.25, -0.2) is 0 Å². The van der Waals surface area contributed by atoms with Crippen LogP contribution in [0.25, 0.3) is 0 Å². The molecule has 6 nitrogen and oxygen atoms in total. The first-order chi connectivity index (χ1) is 16.6. The Morgan fingerprint density at radius 1 is 1.06 bits per heavy atom. The van der Waals surface area contributed by atoms with Gasteiger partial charge in [-0.15, -0.1) is 0 Å². The summed E-state index contributed by atoms with van der Waals surface area (Å²) in [6.45, 7) is 6.47. The van der Waals surface area contributed by atoms with Crippen molar-refractivity contribution in [3.63, 3.8) is 0 Å². The third kappa shape index (κ3) is 5.91. The normalized spacial score (nSPS) is 20.5. The van der Waals surface area contributed by atoms with Crippen LogP contribution in [0.2, 0.25) is 0 Å². The molecular weight excluding hydrogens is 428 g/mol. The number of carbonyl (C=O) groups is 1. The van der Waals surface area contributed by atoms with Crippen LogP contribution in [0, 0.1) is 0 Å². The second kappa shape index (κ2) is 11.7. The fraction of sp³-hybridized carbons (Fsp3) is 0.536. The van der Waals surface area contributed by atoms with Gasteiger partial charge in [0, 0.05) is 31.5 Å². The van der Waals surface area contributed by atoms with Crippen LogP contribution >= 0.6 is 0 Å². The molecule has 184 valence electrons. The van der Waals surface area contributed by atoms with Gasteiger partial charge in [0.25, 0.3) is 0 Å². The summed E-state index contributed by atoms with van der Waals surface area (Å²) < 4.78 is 16.8. The largest absolute Gasteiger partial charge is 0.497 e. The number of amides is 1. The molecule has 0 spiro atoms. The number of carbonyl (C=O) groups excluding carboxylic acids is 1. The van der Waals surface area contributed by atoms with E-state index >= 15 is 0 Å². The second-order valence-corrected chi connectivity index (χ2v) is 9.48. The predicted molar refractivity (Wildman–Crippen MR) is 135 cm³/mol. The maximum Gasteiger partial charge on any atom is 0.235 e. The number of methoxy groups -OCH3 is 1. The number of hydrogen-bond acceptors (Lipinski definition) is 5. The van der Waals surface area contributed by atoms with Crippen LogP contribution in [0.15, 0.2) is 48.5 Å². The molecule has 4 rings (SSSR count). The van der Waals surface area contributed by atoms with E-state index in [2.05, 4.69) is 17.1 Å². The van der Waals surface area contributed by atoms with Crippen LogP contribution < -0.4 is 14.8 Å². The highest BCUT2D eigenvalue weighted by Crippen LogP contribution is 2.37. The zero-order chi connectivity index (χ0) is 23.8. The van der Waals surface area contributed by atoms with Crippen molar-refractivity contribution >= 4 is 11.6 Å². The molecule has 34 heavy (non-hydrogen) atoms. The van der Waals surface area contributed by atoms with Crippen molar-refractivity contribution in [3.05, 3.63) is 54.1 Å². The van der Waals surface area contributed by atoms with Crippen LogP contribution in [-0.2, 0) is 14.9 Å². The van der Waals surface area contributed by atoms with Crippen molar-refractivity contribution in [1.29, 1.82) is 0 Å². The van der Waals surface area contributed by atoms with Crippen molar-refractivity contribution in [3.8, 4) is 11.5 Å². The molecule has 2 aliphatic heterocycles. The van der Waals surface area contributed by atoms with Gasteiger partial charge in [-0.2, -0.15) is 0 Å². The third-order valence-electron chi connectivity index (χ3n) is 7.33. The minimum atomic E-state index is -0.606. The first-order valence-corrected chi connectivity index (χ1v) is 12.6. The molecule has 0 radical (unpaired) electrons. The molecule has 0 saturated carbocycles. The Bertz CT molecular complexity index is 907. The second-order valence-electron chi connectivity index (χ2n) is 9.48. The monoisotopic (exact) mass is 466 g/mol. The van der Waals surface area contributed by atoms with E-state index in [1.165, 1.54) is 25.8 Å². The molecule has 0 aliphatic carbocycles. The Morgan fingerprint density at radius 2 is 1.76 bits per heavy atom. The Kier molecular flexibility index (Phi) is 8.46. The lowest BCUT2D eigenvalue weighted by Gasteiger charge is -2.36. The number of nitrogens with one attached hydrogen (secondary N) is 1. The van der Waals surface area contributed by atoms with Crippen LogP contribution in [0.5, 0.6) is 11.5 Å². The Morgan fingerprint density at radius 3 is 2.44 bits per heavy atom. The standard InChI is InChI=1S/C28H38N2O4/c1-22-6-3-4-17-30(22)18-5-19-34-26-13-9-24(10-14-26)29-27(31)28(15-20-33-21-16-28)23-7-11-25(32-2)12-8-23/h7-14,22H,3-6,15-21H2,1-2H3,(H,29,31)/t22-/m1/s1. The van der Waals surface area contributed by atoms with E-state index in [0.29, 0.717) is 38.7 Å². The smallest absolute Gasteiger partial charge is 0.235 e. The fourth-order valence-corrected chi connectivity index (χ4v) is 5.11. The average Bonchev–Trinajstić information content (AvgIpc) is 2.89. The maximum absolute atomic E-state index is 13.5. The number of piperidine rings is 1. The summed E-state index contributed by atoms with van der Waals surface area (Å²) >= 11 is 0. The van der Waals surface area contributed by atoms with Crippen LogP contribution in [0.1, 0.15) is 51.0 Å². The number of benzene rings is 2. The van der Waals surface area contributed by atoms with Crippen molar-refractivity contribution in [2.24, 2.45) is 0 Å². The van der Waals surface area contributed by atoms with Crippen LogP contribution in [0.4, 0.5) is 5.69 Å². The zero-order valence-electron chi connectivity index (χ0n) is 20.6. The van der Waals surface area contributed by atoms with E-state index in [-0.39, 0.29) is 5.91 Å². The van der Waals surface area contributed by atoms with E-state index in [1.54, 1.807) is 7.11 Å². The van der Waals surface area contributed by atoms with Gasteiger partial charge in [0.05, 0.1) is 19.1 Å². The Labute approximate surface area is 203 Å². The Hall–Kier alpha value is -2.57. The van der Waals surface area contributed by atoms with E-state index in [9.17, 15) is 4.79 Å². The molecule has 2 fully saturated rings. The highest BCUT2D eigenvalue weighted by Gasteiger charge is 2.41. The molecule has 6 heteroatoms. The number of rotatable bonds is 9. The van der Waals surface area contributed by atoms with E-state index in [1.807, 2.05) is 48.5 Å². The van der Waals surface area contributed by atoms with Crippen molar-refractivity contribution < 1.29 is 19.0 Å². The quantitative estimate of drug-likeness (QED) is 0.526. The molecule has 1 atom stereocenters. The molecule has 2 aromatic carbocycles. The van der Waals surface area contributed by atoms with Gasteiger partial charge in [-0.1, -0.05) is 18.6 Å². The summed E-state index contributed by atoms with van der Waals surface area (Å²) in [6, 6.07) is 16.2. The van der Waals surface area contributed by atoms with Crippen LogP contribution in [-0.4, -0.2) is 56.9 Å². The summed E-state index contributed by atoms with van der Waals surface area (Å²) in [5, 5.41) is 3.13.